The van der Waals surface area contributed by atoms with Gasteiger partial charge in [-0.25, -0.2) is 4.79 Å². The van der Waals surface area contributed by atoms with Crippen LogP contribution in [0.5, 0.6) is 5.75 Å². The van der Waals surface area contributed by atoms with Crippen molar-refractivity contribution in [3.8, 4) is 16.9 Å². The van der Waals surface area contributed by atoms with Gasteiger partial charge in [-0.05, 0) is 53.1 Å². The fourth-order valence-corrected chi connectivity index (χ4v) is 2.86. The standard InChI is InChI=1S/C20H14Cl2O3/c21-16-5-1-3-13(9-16)12-25-19-8-7-15(11-18(19)20(23)24)14-4-2-6-17(22)10-14/h1-11H,12H2,(H,23,24). The molecule has 0 bridgehead atoms. The van der Waals surface area contributed by atoms with Crippen molar-refractivity contribution in [2.75, 3.05) is 0 Å². The molecule has 3 nitrogen and oxygen atoms in total. The van der Waals surface area contributed by atoms with Crippen LogP contribution in [-0.4, -0.2) is 11.1 Å². The number of aromatic carboxylic acids is 1. The van der Waals surface area contributed by atoms with E-state index < -0.39 is 5.97 Å². The van der Waals surface area contributed by atoms with Crippen LogP contribution in [0, 0.1) is 0 Å². The number of halogens is 2. The maximum Gasteiger partial charge on any atom is 0.339 e. The van der Waals surface area contributed by atoms with Crippen LogP contribution in [0.1, 0.15) is 15.9 Å². The van der Waals surface area contributed by atoms with Crippen LogP contribution in [0.25, 0.3) is 11.1 Å². The number of ether oxygens (including phenoxy) is 1. The Kier molecular flexibility index (Phi) is 5.27. The summed E-state index contributed by atoms with van der Waals surface area (Å²) >= 11 is 12.0. The summed E-state index contributed by atoms with van der Waals surface area (Å²) in [6.07, 6.45) is 0. The Morgan fingerprint density at radius 3 is 2.24 bits per heavy atom. The molecule has 0 saturated carbocycles. The smallest absolute Gasteiger partial charge is 0.339 e. The van der Waals surface area contributed by atoms with E-state index in [0.29, 0.717) is 15.8 Å². The number of carboxylic acid groups (broad SMARTS) is 1. The van der Waals surface area contributed by atoms with Crippen LogP contribution < -0.4 is 4.74 Å². The van der Waals surface area contributed by atoms with E-state index in [4.69, 9.17) is 27.9 Å². The number of rotatable bonds is 5. The fourth-order valence-electron chi connectivity index (χ4n) is 2.46. The van der Waals surface area contributed by atoms with Crippen molar-refractivity contribution in [3.63, 3.8) is 0 Å². The molecule has 0 unspecified atom stereocenters. The van der Waals surface area contributed by atoms with E-state index >= 15 is 0 Å². The van der Waals surface area contributed by atoms with Crippen molar-refractivity contribution >= 4 is 29.2 Å². The van der Waals surface area contributed by atoms with Crippen molar-refractivity contribution in [3.05, 3.63) is 87.9 Å². The molecule has 3 aromatic rings. The summed E-state index contributed by atoms with van der Waals surface area (Å²) in [5, 5.41) is 10.7. The first kappa shape index (κ1) is 17.3. The highest BCUT2D eigenvalue weighted by atomic mass is 35.5. The molecule has 0 aliphatic heterocycles. The highest BCUT2D eigenvalue weighted by molar-refractivity contribution is 6.31. The molecule has 126 valence electrons. The Hall–Kier alpha value is -2.49. The lowest BCUT2D eigenvalue weighted by molar-refractivity contribution is 0.0692. The largest absolute Gasteiger partial charge is 0.488 e. The van der Waals surface area contributed by atoms with Gasteiger partial charge in [0, 0.05) is 10.0 Å². The third-order valence-electron chi connectivity index (χ3n) is 3.65. The average molecular weight is 373 g/mol. The van der Waals surface area contributed by atoms with Gasteiger partial charge in [0.25, 0.3) is 0 Å². The molecule has 0 aliphatic rings. The summed E-state index contributed by atoms with van der Waals surface area (Å²) < 4.78 is 5.69. The zero-order chi connectivity index (χ0) is 17.8. The first-order valence-electron chi connectivity index (χ1n) is 7.53. The molecule has 0 aromatic heterocycles. The summed E-state index contributed by atoms with van der Waals surface area (Å²) in [7, 11) is 0. The minimum atomic E-state index is -1.05. The molecular weight excluding hydrogens is 359 g/mol. The number of hydrogen-bond donors (Lipinski definition) is 1. The van der Waals surface area contributed by atoms with Gasteiger partial charge in [0.2, 0.25) is 0 Å². The number of hydrogen-bond acceptors (Lipinski definition) is 2. The Morgan fingerprint density at radius 2 is 1.56 bits per heavy atom. The molecule has 0 heterocycles. The van der Waals surface area contributed by atoms with E-state index in [0.717, 1.165) is 16.7 Å². The summed E-state index contributed by atoms with van der Waals surface area (Å²) in [4.78, 5) is 11.6. The van der Waals surface area contributed by atoms with Gasteiger partial charge in [0.05, 0.1) is 0 Å². The van der Waals surface area contributed by atoms with Crippen molar-refractivity contribution in [2.45, 2.75) is 6.61 Å². The predicted octanol–water partition coefficient (Wildman–Crippen LogP) is 5.94. The van der Waals surface area contributed by atoms with Gasteiger partial charge in [-0.15, -0.1) is 0 Å². The number of carbonyl (C=O) groups is 1. The lowest BCUT2D eigenvalue weighted by Gasteiger charge is -2.11. The second kappa shape index (κ2) is 7.60. The summed E-state index contributed by atoms with van der Waals surface area (Å²) in [6, 6.07) is 19.5. The monoisotopic (exact) mass is 372 g/mol. The van der Waals surface area contributed by atoms with E-state index in [-0.39, 0.29) is 12.2 Å². The van der Waals surface area contributed by atoms with E-state index in [2.05, 4.69) is 0 Å². The molecule has 1 N–H and O–H groups in total. The van der Waals surface area contributed by atoms with E-state index in [1.54, 1.807) is 36.4 Å². The molecule has 0 fully saturated rings. The lowest BCUT2D eigenvalue weighted by atomic mass is 10.0. The van der Waals surface area contributed by atoms with Gasteiger partial charge in [0.1, 0.15) is 17.9 Å². The maximum atomic E-state index is 11.6. The Balaban J connectivity index is 1.88. The average Bonchev–Trinajstić information content (AvgIpc) is 2.60. The summed E-state index contributed by atoms with van der Waals surface area (Å²) in [6.45, 7) is 0.233. The maximum absolute atomic E-state index is 11.6. The normalized spacial score (nSPS) is 10.5. The van der Waals surface area contributed by atoms with Crippen LogP contribution in [0.2, 0.25) is 10.0 Å². The number of benzene rings is 3. The van der Waals surface area contributed by atoms with Gasteiger partial charge < -0.3 is 9.84 Å². The van der Waals surface area contributed by atoms with Crippen molar-refractivity contribution in [1.29, 1.82) is 0 Å². The molecule has 3 aromatic carbocycles. The molecule has 0 atom stereocenters. The lowest BCUT2D eigenvalue weighted by Crippen LogP contribution is -2.04. The van der Waals surface area contributed by atoms with Crippen molar-refractivity contribution in [2.24, 2.45) is 0 Å². The second-order valence-electron chi connectivity index (χ2n) is 5.45. The zero-order valence-corrected chi connectivity index (χ0v) is 14.6. The van der Waals surface area contributed by atoms with Gasteiger partial charge >= 0.3 is 5.97 Å². The summed E-state index contributed by atoms with van der Waals surface area (Å²) in [5.74, 6) is -0.747. The van der Waals surface area contributed by atoms with Crippen LogP contribution in [0.3, 0.4) is 0 Å². The highest BCUT2D eigenvalue weighted by Gasteiger charge is 2.13. The second-order valence-corrected chi connectivity index (χ2v) is 6.32. The minimum absolute atomic E-state index is 0.0968. The van der Waals surface area contributed by atoms with Gasteiger partial charge in [0.15, 0.2) is 0 Å². The van der Waals surface area contributed by atoms with Crippen molar-refractivity contribution in [1.82, 2.24) is 0 Å². The third kappa shape index (κ3) is 4.32. The SMILES string of the molecule is O=C(O)c1cc(-c2cccc(Cl)c2)ccc1OCc1cccc(Cl)c1. The topological polar surface area (TPSA) is 46.5 Å². The molecule has 0 spiro atoms. The molecule has 0 amide bonds. The zero-order valence-electron chi connectivity index (χ0n) is 13.1. The first-order valence-corrected chi connectivity index (χ1v) is 8.29. The molecule has 0 aliphatic carbocycles. The Bertz CT molecular complexity index is 922. The molecule has 25 heavy (non-hydrogen) atoms. The van der Waals surface area contributed by atoms with E-state index in [1.165, 1.54) is 0 Å². The molecule has 3 rings (SSSR count). The van der Waals surface area contributed by atoms with Crippen LogP contribution in [0.15, 0.2) is 66.7 Å². The third-order valence-corrected chi connectivity index (χ3v) is 4.12. The predicted molar refractivity (Wildman–Crippen MR) is 99.6 cm³/mol. The van der Waals surface area contributed by atoms with Gasteiger partial charge in [-0.3, -0.25) is 0 Å². The molecule has 0 radical (unpaired) electrons. The van der Waals surface area contributed by atoms with E-state index in [1.807, 2.05) is 30.3 Å². The first-order chi connectivity index (χ1) is 12.0. The van der Waals surface area contributed by atoms with Crippen LogP contribution >= 0.6 is 23.2 Å². The summed E-state index contributed by atoms with van der Waals surface area (Å²) in [5.41, 5.74) is 2.56. The Morgan fingerprint density at radius 1 is 0.880 bits per heavy atom. The molecular formula is C20H14Cl2O3. The molecule has 5 heteroatoms. The van der Waals surface area contributed by atoms with E-state index in [9.17, 15) is 9.90 Å². The number of carboxylic acids is 1. The van der Waals surface area contributed by atoms with Gasteiger partial charge in [-0.1, -0.05) is 53.5 Å². The van der Waals surface area contributed by atoms with Crippen LogP contribution in [-0.2, 0) is 6.61 Å². The minimum Gasteiger partial charge on any atom is -0.488 e. The quantitative estimate of drug-likeness (QED) is 0.602. The fraction of sp³-hybridized carbons (Fsp3) is 0.0500. The molecule has 0 saturated heterocycles. The highest BCUT2D eigenvalue weighted by Crippen LogP contribution is 2.29. The van der Waals surface area contributed by atoms with Gasteiger partial charge in [-0.2, -0.15) is 0 Å². The van der Waals surface area contributed by atoms with Crippen LogP contribution in [0.4, 0.5) is 0 Å². The Labute approximate surface area is 155 Å². The van der Waals surface area contributed by atoms with Crippen molar-refractivity contribution < 1.29 is 14.6 Å².